The maximum Gasteiger partial charge on any atom is 0.311 e. The molecule has 2 aromatic rings. The maximum absolute atomic E-state index is 12.4. The van der Waals surface area contributed by atoms with Crippen molar-refractivity contribution in [3.8, 4) is 0 Å². The summed E-state index contributed by atoms with van der Waals surface area (Å²) in [5, 5.41) is 11.0. The fourth-order valence-corrected chi connectivity index (χ4v) is 3.49. The Labute approximate surface area is 173 Å². The van der Waals surface area contributed by atoms with E-state index < -0.39 is 29.2 Å². The second-order valence-corrected chi connectivity index (χ2v) is 7.32. The molecule has 0 bridgehead atoms. The van der Waals surface area contributed by atoms with Gasteiger partial charge in [-0.3, -0.25) is 24.5 Å². The van der Waals surface area contributed by atoms with Crippen molar-refractivity contribution >= 4 is 23.3 Å². The Balaban J connectivity index is 1.59. The number of carbonyl (C=O) groups is 3. The number of esters is 1. The molecule has 1 saturated heterocycles. The second kappa shape index (κ2) is 8.86. The molecule has 1 heterocycles. The molecule has 1 fully saturated rings. The van der Waals surface area contributed by atoms with Crippen molar-refractivity contribution in [1.29, 1.82) is 0 Å². The summed E-state index contributed by atoms with van der Waals surface area (Å²) in [5.74, 6) is -1.95. The van der Waals surface area contributed by atoms with Crippen LogP contribution in [-0.4, -0.2) is 40.6 Å². The molecule has 2 atom stereocenters. The molecule has 0 aliphatic carbocycles. The van der Waals surface area contributed by atoms with E-state index in [1.807, 2.05) is 37.3 Å². The van der Waals surface area contributed by atoms with E-state index >= 15 is 0 Å². The highest BCUT2D eigenvalue weighted by Crippen LogP contribution is 2.29. The van der Waals surface area contributed by atoms with Crippen molar-refractivity contribution in [2.45, 2.75) is 26.3 Å². The van der Waals surface area contributed by atoms with Crippen molar-refractivity contribution in [1.82, 2.24) is 4.90 Å². The lowest BCUT2D eigenvalue weighted by atomic mass is 10.1. The zero-order valence-electron chi connectivity index (χ0n) is 16.7. The minimum absolute atomic E-state index is 0.0280. The van der Waals surface area contributed by atoms with Gasteiger partial charge in [0.15, 0.2) is 6.61 Å². The number of hydrogen-bond acceptors (Lipinski definition) is 6. The molecule has 1 aliphatic rings. The van der Waals surface area contributed by atoms with Crippen LogP contribution in [0.2, 0.25) is 0 Å². The fourth-order valence-electron chi connectivity index (χ4n) is 3.49. The summed E-state index contributed by atoms with van der Waals surface area (Å²) in [7, 11) is 0. The first-order valence-electron chi connectivity index (χ1n) is 9.57. The fraction of sp³-hybridized carbons (Fsp3) is 0.318. The summed E-state index contributed by atoms with van der Waals surface area (Å²) < 4.78 is 5.12. The molecule has 0 radical (unpaired) electrons. The van der Waals surface area contributed by atoms with Crippen LogP contribution in [0.3, 0.4) is 0 Å². The van der Waals surface area contributed by atoms with Crippen molar-refractivity contribution in [3.63, 3.8) is 0 Å². The number of ether oxygens (including phenoxy) is 1. The van der Waals surface area contributed by atoms with Crippen LogP contribution in [0, 0.1) is 23.0 Å². The van der Waals surface area contributed by atoms with Crippen molar-refractivity contribution in [2.24, 2.45) is 5.92 Å². The number of ketones is 1. The summed E-state index contributed by atoms with van der Waals surface area (Å²) in [6.07, 6.45) is 0.0280. The number of nitro benzene ring substituents is 1. The first-order chi connectivity index (χ1) is 14.3. The lowest BCUT2D eigenvalue weighted by Gasteiger charge is -2.25. The van der Waals surface area contributed by atoms with Gasteiger partial charge in [0.2, 0.25) is 11.7 Å². The maximum atomic E-state index is 12.4. The van der Waals surface area contributed by atoms with Crippen molar-refractivity contribution in [2.75, 3.05) is 13.2 Å². The standard InChI is InChI=1S/C22H22N2O6/c1-14-8-9-17(10-19(14)24(28)29)20(25)13-30-22(27)18-11-21(26)23(12-18)15(2)16-6-4-3-5-7-16/h3-10,15,18H,11-13H2,1-2H3/t15-,18+/m1/s1. The molecule has 0 aromatic heterocycles. The molecule has 8 heteroatoms. The van der Waals surface area contributed by atoms with Crippen LogP contribution in [0.1, 0.15) is 40.9 Å². The highest BCUT2D eigenvalue weighted by atomic mass is 16.6. The molecule has 1 aliphatic heterocycles. The summed E-state index contributed by atoms with van der Waals surface area (Å²) >= 11 is 0. The Bertz CT molecular complexity index is 988. The third-order valence-electron chi connectivity index (χ3n) is 5.31. The van der Waals surface area contributed by atoms with Crippen LogP contribution in [-0.2, 0) is 14.3 Å². The molecule has 0 saturated carbocycles. The van der Waals surface area contributed by atoms with Gasteiger partial charge in [0, 0.05) is 30.2 Å². The second-order valence-electron chi connectivity index (χ2n) is 7.32. The molecule has 30 heavy (non-hydrogen) atoms. The van der Waals surface area contributed by atoms with Crippen LogP contribution < -0.4 is 0 Å². The van der Waals surface area contributed by atoms with E-state index in [1.165, 1.54) is 18.2 Å². The average Bonchev–Trinajstić information content (AvgIpc) is 3.13. The van der Waals surface area contributed by atoms with Crippen LogP contribution in [0.25, 0.3) is 0 Å². The number of carbonyl (C=O) groups excluding carboxylic acids is 3. The Morgan fingerprint density at radius 3 is 2.60 bits per heavy atom. The van der Waals surface area contributed by atoms with E-state index in [1.54, 1.807) is 11.8 Å². The van der Waals surface area contributed by atoms with Crippen LogP contribution in [0.4, 0.5) is 5.69 Å². The number of likely N-dealkylation sites (tertiary alicyclic amines) is 1. The van der Waals surface area contributed by atoms with Gasteiger partial charge in [-0.05, 0) is 19.4 Å². The molecule has 0 spiro atoms. The van der Waals surface area contributed by atoms with E-state index in [2.05, 4.69) is 0 Å². The minimum atomic E-state index is -0.649. The van der Waals surface area contributed by atoms with E-state index in [9.17, 15) is 24.5 Å². The average molecular weight is 410 g/mol. The predicted octanol–water partition coefficient (Wildman–Crippen LogP) is 3.24. The number of nitrogens with zero attached hydrogens (tertiary/aromatic N) is 2. The Morgan fingerprint density at radius 2 is 1.93 bits per heavy atom. The van der Waals surface area contributed by atoms with E-state index in [4.69, 9.17) is 4.74 Å². The topological polar surface area (TPSA) is 107 Å². The number of amides is 1. The van der Waals surface area contributed by atoms with Gasteiger partial charge < -0.3 is 9.64 Å². The lowest BCUT2D eigenvalue weighted by molar-refractivity contribution is -0.385. The number of hydrogen-bond donors (Lipinski definition) is 0. The summed E-state index contributed by atoms with van der Waals surface area (Å²) in [5.41, 5.74) is 1.34. The van der Waals surface area contributed by atoms with Gasteiger partial charge in [-0.15, -0.1) is 0 Å². The quantitative estimate of drug-likeness (QED) is 0.300. The van der Waals surface area contributed by atoms with Crippen LogP contribution in [0.15, 0.2) is 48.5 Å². The third kappa shape index (κ3) is 4.53. The molecule has 2 aromatic carbocycles. The normalized spacial score (nSPS) is 16.9. The molecule has 8 nitrogen and oxygen atoms in total. The predicted molar refractivity (Wildman–Crippen MR) is 108 cm³/mol. The van der Waals surface area contributed by atoms with Crippen LogP contribution >= 0.6 is 0 Å². The van der Waals surface area contributed by atoms with Gasteiger partial charge in [-0.1, -0.05) is 42.5 Å². The lowest BCUT2D eigenvalue weighted by Crippen LogP contribution is -2.30. The zero-order valence-corrected chi connectivity index (χ0v) is 16.7. The molecule has 0 unspecified atom stereocenters. The van der Waals surface area contributed by atoms with Gasteiger partial charge in [-0.25, -0.2) is 0 Å². The number of aryl methyl sites for hydroxylation is 1. The number of benzene rings is 2. The smallest absolute Gasteiger partial charge is 0.311 e. The Morgan fingerprint density at radius 1 is 1.23 bits per heavy atom. The Kier molecular flexibility index (Phi) is 6.25. The zero-order chi connectivity index (χ0) is 21.8. The first kappa shape index (κ1) is 21.2. The summed E-state index contributed by atoms with van der Waals surface area (Å²) in [4.78, 5) is 49.2. The molecule has 1 amide bonds. The van der Waals surface area contributed by atoms with E-state index in [-0.39, 0.29) is 36.2 Å². The third-order valence-corrected chi connectivity index (χ3v) is 5.31. The minimum Gasteiger partial charge on any atom is -0.457 e. The molecular formula is C22H22N2O6. The highest BCUT2D eigenvalue weighted by molar-refractivity contribution is 5.99. The monoisotopic (exact) mass is 410 g/mol. The Hall–Kier alpha value is -3.55. The first-order valence-corrected chi connectivity index (χ1v) is 9.57. The van der Waals surface area contributed by atoms with Gasteiger partial charge in [0.25, 0.3) is 5.69 Å². The number of rotatable bonds is 7. The van der Waals surface area contributed by atoms with Crippen molar-refractivity contribution < 1.29 is 24.0 Å². The van der Waals surface area contributed by atoms with Gasteiger partial charge in [0.05, 0.1) is 16.9 Å². The number of Topliss-reactive ketones (excluding diaryl/α,β-unsaturated/α-hetero) is 1. The van der Waals surface area contributed by atoms with Crippen LogP contribution in [0.5, 0.6) is 0 Å². The molecular weight excluding hydrogens is 388 g/mol. The largest absolute Gasteiger partial charge is 0.457 e. The van der Waals surface area contributed by atoms with E-state index in [0.717, 1.165) is 5.56 Å². The summed E-state index contributed by atoms with van der Waals surface area (Å²) in [6.45, 7) is 3.16. The molecule has 156 valence electrons. The highest BCUT2D eigenvalue weighted by Gasteiger charge is 2.38. The van der Waals surface area contributed by atoms with Crippen molar-refractivity contribution in [3.05, 3.63) is 75.3 Å². The van der Waals surface area contributed by atoms with Gasteiger partial charge >= 0.3 is 5.97 Å². The van der Waals surface area contributed by atoms with Gasteiger partial charge in [0.1, 0.15) is 0 Å². The summed E-state index contributed by atoms with van der Waals surface area (Å²) in [6, 6.07) is 13.4. The molecule has 3 rings (SSSR count). The van der Waals surface area contributed by atoms with E-state index in [0.29, 0.717) is 5.56 Å². The number of nitro groups is 1. The molecule has 0 N–H and O–H groups in total. The SMILES string of the molecule is Cc1ccc(C(=O)COC(=O)[C@H]2CC(=O)N([C@H](C)c3ccccc3)C2)cc1[N+](=O)[O-]. The van der Waals surface area contributed by atoms with Gasteiger partial charge in [-0.2, -0.15) is 0 Å².